The first-order chi connectivity index (χ1) is 10.1. The molecule has 1 aromatic heterocycles. The van der Waals surface area contributed by atoms with Gasteiger partial charge in [0.2, 0.25) is 5.88 Å². The third-order valence-electron chi connectivity index (χ3n) is 3.03. The van der Waals surface area contributed by atoms with Gasteiger partial charge in [0.25, 0.3) is 0 Å². The van der Waals surface area contributed by atoms with E-state index in [1.54, 1.807) is 6.07 Å². The molecule has 0 saturated heterocycles. The van der Waals surface area contributed by atoms with Crippen molar-refractivity contribution in [3.63, 3.8) is 0 Å². The Morgan fingerprint density at radius 1 is 0.905 bits per heavy atom. The summed E-state index contributed by atoms with van der Waals surface area (Å²) < 4.78 is 45.9. The van der Waals surface area contributed by atoms with Crippen molar-refractivity contribution in [2.75, 3.05) is 5.73 Å². The molecule has 0 bridgehead atoms. The number of anilines is 1. The number of nitrogens with two attached hydrogens (primary N) is 1. The summed E-state index contributed by atoms with van der Waals surface area (Å²) in [5.74, 6) is -2.26. The quantitative estimate of drug-likeness (QED) is 0.776. The van der Waals surface area contributed by atoms with Crippen LogP contribution in [0.3, 0.4) is 0 Å². The van der Waals surface area contributed by atoms with Crippen molar-refractivity contribution >= 4 is 5.88 Å². The maximum absolute atomic E-state index is 13.9. The molecule has 0 saturated carbocycles. The van der Waals surface area contributed by atoms with Crippen LogP contribution in [0.15, 0.2) is 47.0 Å². The van der Waals surface area contributed by atoms with E-state index in [0.29, 0.717) is 5.56 Å². The van der Waals surface area contributed by atoms with Gasteiger partial charge in [-0.2, -0.15) is 0 Å². The van der Waals surface area contributed by atoms with Gasteiger partial charge in [0, 0.05) is 0 Å². The minimum absolute atomic E-state index is 0.103. The molecule has 0 aliphatic rings. The number of aromatic nitrogens is 1. The summed E-state index contributed by atoms with van der Waals surface area (Å²) in [4.78, 5) is 0. The predicted molar refractivity (Wildman–Crippen MR) is 71.7 cm³/mol. The Balaban J connectivity index is 2.27. The molecule has 106 valence electrons. The third-order valence-corrected chi connectivity index (χ3v) is 3.03. The van der Waals surface area contributed by atoms with Gasteiger partial charge in [-0.05, 0) is 29.8 Å². The number of hydrogen-bond donors (Lipinski definition) is 1. The zero-order valence-electron chi connectivity index (χ0n) is 10.6. The lowest BCUT2D eigenvalue weighted by Gasteiger charge is -2.05. The molecule has 0 amide bonds. The van der Waals surface area contributed by atoms with Crippen LogP contribution in [0.5, 0.6) is 0 Å². The molecule has 3 aromatic rings. The SMILES string of the molecule is Nc1onc(-c2c(F)cccc2F)c1-c1cccc(F)c1. The highest BCUT2D eigenvalue weighted by molar-refractivity contribution is 5.87. The number of hydrogen-bond acceptors (Lipinski definition) is 3. The summed E-state index contributed by atoms with van der Waals surface area (Å²) in [5, 5.41) is 3.61. The Bertz CT molecular complexity index is 794. The van der Waals surface area contributed by atoms with Crippen molar-refractivity contribution in [3.8, 4) is 22.4 Å². The molecule has 21 heavy (non-hydrogen) atoms. The van der Waals surface area contributed by atoms with Gasteiger partial charge in [0.05, 0.1) is 11.1 Å². The van der Waals surface area contributed by atoms with Gasteiger partial charge in [0.1, 0.15) is 23.1 Å². The minimum Gasteiger partial charge on any atom is -0.367 e. The molecule has 0 fully saturated rings. The highest BCUT2D eigenvalue weighted by Crippen LogP contribution is 2.38. The van der Waals surface area contributed by atoms with Crippen LogP contribution < -0.4 is 5.73 Å². The summed E-state index contributed by atoms with van der Waals surface area (Å²) in [7, 11) is 0. The van der Waals surface area contributed by atoms with Crippen LogP contribution in [0.2, 0.25) is 0 Å². The second-order valence-electron chi connectivity index (χ2n) is 4.38. The van der Waals surface area contributed by atoms with E-state index in [4.69, 9.17) is 10.3 Å². The summed E-state index contributed by atoms with van der Waals surface area (Å²) >= 11 is 0. The average molecular weight is 290 g/mol. The fraction of sp³-hybridized carbons (Fsp3) is 0. The van der Waals surface area contributed by atoms with Crippen LogP contribution in [0.25, 0.3) is 22.4 Å². The largest absolute Gasteiger partial charge is 0.367 e. The Labute approximate surface area is 117 Å². The summed E-state index contributed by atoms with van der Waals surface area (Å²) in [6.45, 7) is 0. The van der Waals surface area contributed by atoms with Crippen molar-refractivity contribution in [1.29, 1.82) is 0 Å². The summed E-state index contributed by atoms with van der Waals surface area (Å²) in [6, 6.07) is 8.87. The highest BCUT2D eigenvalue weighted by atomic mass is 19.1. The third kappa shape index (κ3) is 2.24. The van der Waals surface area contributed by atoms with Crippen molar-refractivity contribution in [3.05, 3.63) is 59.9 Å². The Morgan fingerprint density at radius 3 is 2.24 bits per heavy atom. The van der Waals surface area contributed by atoms with Crippen LogP contribution in [-0.2, 0) is 0 Å². The number of rotatable bonds is 2. The molecule has 2 N–H and O–H groups in total. The van der Waals surface area contributed by atoms with Gasteiger partial charge in [-0.25, -0.2) is 13.2 Å². The van der Waals surface area contributed by atoms with Crippen molar-refractivity contribution < 1.29 is 17.7 Å². The maximum atomic E-state index is 13.9. The zero-order valence-corrected chi connectivity index (χ0v) is 10.6. The standard InChI is InChI=1S/C15H9F3N2O/c16-9-4-1-3-8(7-9)12-14(20-21-15(12)19)13-10(17)5-2-6-11(13)18/h1-7H,19H2. The molecule has 6 heteroatoms. The fourth-order valence-electron chi connectivity index (χ4n) is 2.12. The molecule has 3 rings (SSSR count). The van der Waals surface area contributed by atoms with Gasteiger partial charge in [0.15, 0.2) is 0 Å². The second-order valence-corrected chi connectivity index (χ2v) is 4.38. The van der Waals surface area contributed by atoms with Gasteiger partial charge < -0.3 is 10.3 Å². The molecule has 0 aliphatic carbocycles. The first-order valence-corrected chi connectivity index (χ1v) is 6.03. The smallest absolute Gasteiger partial charge is 0.230 e. The monoisotopic (exact) mass is 290 g/mol. The predicted octanol–water partition coefficient (Wildman–Crippen LogP) is 4.01. The van der Waals surface area contributed by atoms with Crippen molar-refractivity contribution in [2.24, 2.45) is 0 Å². The van der Waals surface area contributed by atoms with Gasteiger partial charge >= 0.3 is 0 Å². The number of nitrogen functional groups attached to an aromatic ring is 1. The van der Waals surface area contributed by atoms with Gasteiger partial charge in [-0.15, -0.1) is 0 Å². The van der Waals surface area contributed by atoms with E-state index in [9.17, 15) is 13.2 Å². The Morgan fingerprint density at radius 2 is 1.57 bits per heavy atom. The van der Waals surface area contributed by atoms with E-state index in [1.807, 2.05) is 0 Å². The van der Waals surface area contributed by atoms with Crippen LogP contribution in [0, 0.1) is 17.5 Å². The van der Waals surface area contributed by atoms with E-state index in [2.05, 4.69) is 5.16 Å². The number of nitrogens with zero attached hydrogens (tertiary/aromatic N) is 1. The first-order valence-electron chi connectivity index (χ1n) is 6.03. The molecule has 2 aromatic carbocycles. The molecule has 1 heterocycles. The minimum atomic E-state index is -0.805. The van der Waals surface area contributed by atoms with E-state index in [1.165, 1.54) is 24.3 Å². The fourth-order valence-corrected chi connectivity index (χ4v) is 2.12. The lowest BCUT2D eigenvalue weighted by Crippen LogP contribution is -1.93. The average Bonchev–Trinajstić information content (AvgIpc) is 2.80. The van der Waals surface area contributed by atoms with Crippen LogP contribution in [0.4, 0.5) is 19.1 Å². The summed E-state index contributed by atoms with van der Waals surface area (Å²) in [5.41, 5.74) is 5.67. The molecule has 0 aliphatic heterocycles. The number of halogens is 3. The second kappa shape index (κ2) is 4.97. The van der Waals surface area contributed by atoms with Crippen LogP contribution in [0.1, 0.15) is 0 Å². The Kier molecular flexibility index (Phi) is 3.13. The highest BCUT2D eigenvalue weighted by Gasteiger charge is 2.23. The van der Waals surface area contributed by atoms with E-state index in [0.717, 1.165) is 12.1 Å². The maximum Gasteiger partial charge on any atom is 0.230 e. The molecule has 3 nitrogen and oxygen atoms in total. The normalized spacial score (nSPS) is 10.8. The number of benzene rings is 2. The topological polar surface area (TPSA) is 52.0 Å². The van der Waals surface area contributed by atoms with E-state index in [-0.39, 0.29) is 22.7 Å². The zero-order chi connectivity index (χ0) is 15.0. The van der Waals surface area contributed by atoms with E-state index < -0.39 is 17.5 Å². The molecule has 0 unspecified atom stereocenters. The first kappa shape index (κ1) is 13.2. The van der Waals surface area contributed by atoms with Gasteiger partial charge in [-0.3, -0.25) is 0 Å². The van der Waals surface area contributed by atoms with Crippen LogP contribution in [-0.4, -0.2) is 5.16 Å². The van der Waals surface area contributed by atoms with E-state index >= 15 is 0 Å². The molecule has 0 radical (unpaired) electrons. The Hall–Kier alpha value is -2.76. The lowest BCUT2D eigenvalue weighted by atomic mass is 10.00. The van der Waals surface area contributed by atoms with Gasteiger partial charge in [-0.1, -0.05) is 23.4 Å². The van der Waals surface area contributed by atoms with Crippen molar-refractivity contribution in [2.45, 2.75) is 0 Å². The summed E-state index contributed by atoms with van der Waals surface area (Å²) in [6.07, 6.45) is 0. The molecular weight excluding hydrogens is 281 g/mol. The molecular formula is C15H9F3N2O. The van der Waals surface area contributed by atoms with Crippen molar-refractivity contribution in [1.82, 2.24) is 5.16 Å². The lowest BCUT2D eigenvalue weighted by molar-refractivity contribution is 0.438. The molecule has 0 atom stereocenters. The molecule has 0 spiro atoms. The van der Waals surface area contributed by atoms with Crippen LogP contribution >= 0.6 is 0 Å².